The zero-order valence-electron chi connectivity index (χ0n) is 14.4. The lowest BCUT2D eigenvalue weighted by atomic mass is 9.84. The van der Waals surface area contributed by atoms with E-state index in [1.165, 1.54) is 5.56 Å². The first-order valence-corrected chi connectivity index (χ1v) is 7.91. The molecule has 1 aliphatic heterocycles. The highest BCUT2D eigenvalue weighted by Crippen LogP contribution is 2.34. The van der Waals surface area contributed by atoms with Gasteiger partial charge in [0.05, 0.1) is 0 Å². The largest absolute Gasteiger partial charge is 0.486 e. The van der Waals surface area contributed by atoms with Crippen LogP contribution in [-0.2, 0) is 5.41 Å². The minimum Gasteiger partial charge on any atom is -0.486 e. The smallest absolute Gasteiger partial charge is 0.191 e. The van der Waals surface area contributed by atoms with Crippen molar-refractivity contribution in [3.63, 3.8) is 0 Å². The zero-order chi connectivity index (χ0) is 16.0. The molecular formula is C17H28IN3O2. The Labute approximate surface area is 156 Å². The Morgan fingerprint density at radius 3 is 2.52 bits per heavy atom. The van der Waals surface area contributed by atoms with Crippen molar-refractivity contribution in [1.29, 1.82) is 0 Å². The molecular weight excluding hydrogens is 405 g/mol. The molecule has 1 aromatic carbocycles. The van der Waals surface area contributed by atoms with Crippen LogP contribution < -0.4 is 20.1 Å². The van der Waals surface area contributed by atoms with E-state index in [1.807, 2.05) is 6.07 Å². The van der Waals surface area contributed by atoms with Crippen LogP contribution in [0.25, 0.3) is 0 Å². The molecule has 0 saturated heterocycles. The molecule has 0 amide bonds. The van der Waals surface area contributed by atoms with Gasteiger partial charge in [0, 0.05) is 25.6 Å². The monoisotopic (exact) mass is 433 g/mol. The van der Waals surface area contributed by atoms with Gasteiger partial charge in [0.25, 0.3) is 0 Å². The van der Waals surface area contributed by atoms with Crippen molar-refractivity contribution in [3.8, 4) is 11.5 Å². The minimum atomic E-state index is -0.0420. The molecule has 130 valence electrons. The molecule has 5 nitrogen and oxygen atoms in total. The van der Waals surface area contributed by atoms with Crippen LogP contribution in [0.4, 0.5) is 0 Å². The predicted molar refractivity (Wildman–Crippen MR) is 106 cm³/mol. The summed E-state index contributed by atoms with van der Waals surface area (Å²) < 4.78 is 11.3. The third-order valence-corrected chi connectivity index (χ3v) is 3.79. The average Bonchev–Trinajstić information content (AvgIpc) is 2.54. The van der Waals surface area contributed by atoms with E-state index < -0.39 is 0 Å². The van der Waals surface area contributed by atoms with Gasteiger partial charge in [-0.1, -0.05) is 26.8 Å². The van der Waals surface area contributed by atoms with Crippen molar-refractivity contribution in [3.05, 3.63) is 23.8 Å². The molecule has 23 heavy (non-hydrogen) atoms. The fraction of sp³-hybridized carbons (Fsp3) is 0.588. The van der Waals surface area contributed by atoms with Crippen molar-refractivity contribution >= 4 is 29.9 Å². The van der Waals surface area contributed by atoms with Gasteiger partial charge < -0.3 is 20.1 Å². The van der Waals surface area contributed by atoms with E-state index in [0.29, 0.717) is 13.2 Å². The molecule has 1 aliphatic rings. The van der Waals surface area contributed by atoms with Crippen LogP contribution in [-0.4, -0.2) is 39.3 Å². The molecule has 0 saturated carbocycles. The molecule has 6 heteroatoms. The van der Waals surface area contributed by atoms with Crippen LogP contribution in [0.5, 0.6) is 11.5 Å². The van der Waals surface area contributed by atoms with E-state index in [2.05, 4.69) is 48.5 Å². The maximum absolute atomic E-state index is 5.68. The topological polar surface area (TPSA) is 54.9 Å². The summed E-state index contributed by atoms with van der Waals surface area (Å²) in [5.74, 6) is 2.51. The van der Waals surface area contributed by atoms with Gasteiger partial charge in [-0.15, -0.1) is 24.0 Å². The van der Waals surface area contributed by atoms with Gasteiger partial charge in [-0.3, -0.25) is 4.99 Å². The van der Waals surface area contributed by atoms with Crippen molar-refractivity contribution < 1.29 is 9.47 Å². The van der Waals surface area contributed by atoms with E-state index in [-0.39, 0.29) is 29.4 Å². The Kier molecular flexibility index (Phi) is 7.94. The summed E-state index contributed by atoms with van der Waals surface area (Å²) in [7, 11) is 1.79. The standard InChI is InChI=1S/C17H27N3O2.HI/c1-5-8-19-16(18-4)20-12-17(2,3)13-6-7-14-15(11-13)22-10-9-21-14;/h6-7,11H,5,8-10,12H2,1-4H3,(H2,18,19,20);1H. The molecule has 0 aliphatic carbocycles. The summed E-state index contributed by atoms with van der Waals surface area (Å²) in [4.78, 5) is 4.24. The lowest BCUT2D eigenvalue weighted by Gasteiger charge is -2.28. The molecule has 0 bridgehead atoms. The third-order valence-electron chi connectivity index (χ3n) is 3.79. The van der Waals surface area contributed by atoms with E-state index >= 15 is 0 Å². The Hall–Kier alpha value is -1.18. The molecule has 0 atom stereocenters. The maximum atomic E-state index is 5.68. The molecule has 0 spiro atoms. The fourth-order valence-corrected chi connectivity index (χ4v) is 2.34. The van der Waals surface area contributed by atoms with Gasteiger partial charge in [-0.05, 0) is 24.1 Å². The third kappa shape index (κ3) is 5.44. The molecule has 0 unspecified atom stereocenters. The van der Waals surface area contributed by atoms with Crippen molar-refractivity contribution in [2.75, 3.05) is 33.4 Å². The van der Waals surface area contributed by atoms with Gasteiger partial charge >= 0.3 is 0 Å². The predicted octanol–water partition coefficient (Wildman–Crippen LogP) is 2.93. The molecule has 0 aromatic heterocycles. The number of halogens is 1. The number of rotatable bonds is 5. The molecule has 1 aromatic rings. The van der Waals surface area contributed by atoms with Crippen molar-refractivity contribution in [2.24, 2.45) is 4.99 Å². The highest BCUT2D eigenvalue weighted by Gasteiger charge is 2.23. The number of ether oxygens (including phenoxy) is 2. The fourth-order valence-electron chi connectivity index (χ4n) is 2.34. The van der Waals surface area contributed by atoms with Gasteiger partial charge in [0.15, 0.2) is 17.5 Å². The lowest BCUT2D eigenvalue weighted by molar-refractivity contribution is 0.171. The lowest BCUT2D eigenvalue weighted by Crippen LogP contribution is -2.43. The van der Waals surface area contributed by atoms with E-state index in [9.17, 15) is 0 Å². The van der Waals surface area contributed by atoms with Crippen molar-refractivity contribution in [1.82, 2.24) is 10.6 Å². The molecule has 1 heterocycles. The van der Waals surface area contributed by atoms with Crippen LogP contribution in [0.2, 0.25) is 0 Å². The highest BCUT2D eigenvalue weighted by molar-refractivity contribution is 14.0. The summed E-state index contributed by atoms with van der Waals surface area (Å²) >= 11 is 0. The molecule has 0 radical (unpaired) electrons. The summed E-state index contributed by atoms with van der Waals surface area (Å²) in [5, 5.41) is 6.68. The van der Waals surface area contributed by atoms with Crippen LogP contribution in [0.15, 0.2) is 23.2 Å². The minimum absolute atomic E-state index is 0. The highest BCUT2D eigenvalue weighted by atomic mass is 127. The normalized spacial score (nSPS) is 14.0. The second kappa shape index (κ2) is 9.20. The quantitative estimate of drug-likeness (QED) is 0.426. The number of benzene rings is 1. The number of guanidine groups is 1. The van der Waals surface area contributed by atoms with Crippen LogP contribution >= 0.6 is 24.0 Å². The summed E-state index contributed by atoms with van der Waals surface area (Å²) in [6, 6.07) is 6.19. The Morgan fingerprint density at radius 2 is 1.87 bits per heavy atom. The second-order valence-corrected chi connectivity index (χ2v) is 6.09. The number of hydrogen-bond acceptors (Lipinski definition) is 3. The van der Waals surface area contributed by atoms with Crippen LogP contribution in [0.1, 0.15) is 32.8 Å². The molecule has 0 fully saturated rings. The Balaban J connectivity index is 0.00000264. The van der Waals surface area contributed by atoms with Crippen LogP contribution in [0.3, 0.4) is 0 Å². The molecule has 2 rings (SSSR count). The van der Waals surface area contributed by atoms with Crippen LogP contribution in [0, 0.1) is 0 Å². The van der Waals surface area contributed by atoms with E-state index in [0.717, 1.165) is 37.0 Å². The number of nitrogens with zero attached hydrogens (tertiary/aromatic N) is 1. The van der Waals surface area contributed by atoms with Gasteiger partial charge in [-0.2, -0.15) is 0 Å². The second-order valence-electron chi connectivity index (χ2n) is 6.09. The number of aliphatic imine (C=N–C) groups is 1. The summed E-state index contributed by atoms with van der Waals surface area (Å²) in [6.45, 7) is 9.50. The number of hydrogen-bond donors (Lipinski definition) is 2. The first kappa shape index (κ1) is 19.9. The van der Waals surface area contributed by atoms with Gasteiger partial charge in [0.2, 0.25) is 0 Å². The van der Waals surface area contributed by atoms with Crippen molar-refractivity contribution in [2.45, 2.75) is 32.6 Å². The maximum Gasteiger partial charge on any atom is 0.191 e. The van der Waals surface area contributed by atoms with E-state index in [1.54, 1.807) is 7.05 Å². The first-order valence-electron chi connectivity index (χ1n) is 7.91. The average molecular weight is 433 g/mol. The van der Waals surface area contributed by atoms with Gasteiger partial charge in [-0.25, -0.2) is 0 Å². The molecule has 2 N–H and O–H groups in total. The summed E-state index contributed by atoms with van der Waals surface area (Å²) in [5.41, 5.74) is 1.18. The number of fused-ring (bicyclic) bond motifs is 1. The van der Waals surface area contributed by atoms with Gasteiger partial charge in [0.1, 0.15) is 13.2 Å². The van der Waals surface area contributed by atoms with E-state index in [4.69, 9.17) is 9.47 Å². The first-order chi connectivity index (χ1) is 10.6. The summed E-state index contributed by atoms with van der Waals surface area (Å²) in [6.07, 6.45) is 1.08. The Morgan fingerprint density at radius 1 is 1.17 bits per heavy atom. The SMILES string of the molecule is CCCNC(=NC)NCC(C)(C)c1ccc2c(c1)OCCO2.I. The number of nitrogens with one attached hydrogen (secondary N) is 2. The Bertz CT molecular complexity index is 533. The zero-order valence-corrected chi connectivity index (χ0v) is 16.8.